The maximum atomic E-state index is 14.2. The normalized spacial score (nSPS) is 23.2. The van der Waals surface area contributed by atoms with Gasteiger partial charge in [-0.15, -0.1) is 9.24 Å². The molecular weight excluding hydrogens is 494 g/mol. The number of rotatable bonds is 5. The fourth-order valence-corrected chi connectivity index (χ4v) is 5.83. The zero-order valence-electron chi connectivity index (χ0n) is 21.8. The molecule has 1 saturated heterocycles. The minimum absolute atomic E-state index is 0.0384. The van der Waals surface area contributed by atoms with Crippen LogP contribution in [0.1, 0.15) is 56.2 Å². The molecule has 0 saturated carbocycles. The Morgan fingerprint density at radius 2 is 1.76 bits per heavy atom. The van der Waals surface area contributed by atoms with Gasteiger partial charge in [-0.3, -0.25) is 4.79 Å². The van der Waals surface area contributed by atoms with Gasteiger partial charge in [0.05, 0.1) is 18.6 Å². The van der Waals surface area contributed by atoms with Gasteiger partial charge in [-0.2, -0.15) is 13.2 Å². The van der Waals surface area contributed by atoms with Crippen LogP contribution in [0.2, 0.25) is 0 Å². The van der Waals surface area contributed by atoms with Gasteiger partial charge < -0.3 is 9.64 Å². The molecule has 0 N–H and O–H groups in total. The van der Waals surface area contributed by atoms with Crippen molar-refractivity contribution in [2.45, 2.75) is 45.7 Å². The summed E-state index contributed by atoms with van der Waals surface area (Å²) in [4.78, 5) is 16.2. The average molecular weight is 530 g/mol. The van der Waals surface area contributed by atoms with Gasteiger partial charge in [0.2, 0.25) is 5.91 Å². The summed E-state index contributed by atoms with van der Waals surface area (Å²) in [7, 11) is 4.06. The van der Waals surface area contributed by atoms with E-state index in [9.17, 15) is 18.0 Å². The van der Waals surface area contributed by atoms with Crippen LogP contribution < -0.4 is 10.0 Å². The number of amides is 1. The van der Waals surface area contributed by atoms with E-state index in [0.717, 1.165) is 47.0 Å². The molecule has 1 fully saturated rings. The molecule has 4 atom stereocenters. The zero-order valence-corrected chi connectivity index (χ0v) is 23.0. The maximum absolute atomic E-state index is 14.2. The number of carbonyl (C=O) groups is 1. The second-order valence-electron chi connectivity index (χ2n) is 10.3. The molecule has 2 aromatic carbocycles. The van der Waals surface area contributed by atoms with Gasteiger partial charge in [-0.25, -0.2) is 0 Å². The third kappa shape index (κ3) is 5.65. The van der Waals surface area contributed by atoms with Crippen molar-refractivity contribution < 1.29 is 22.7 Å². The predicted molar refractivity (Wildman–Crippen MR) is 146 cm³/mol. The van der Waals surface area contributed by atoms with E-state index in [1.165, 1.54) is 13.2 Å². The van der Waals surface area contributed by atoms with Crippen molar-refractivity contribution in [2.24, 2.45) is 17.8 Å². The van der Waals surface area contributed by atoms with Gasteiger partial charge in [0.15, 0.2) is 0 Å². The number of allylic oxidation sites excluding steroid dienone is 3. The van der Waals surface area contributed by atoms with E-state index in [1.54, 1.807) is 0 Å². The van der Waals surface area contributed by atoms with E-state index in [-0.39, 0.29) is 23.5 Å². The van der Waals surface area contributed by atoms with Crippen molar-refractivity contribution in [1.82, 2.24) is 4.90 Å². The first-order valence-electron chi connectivity index (χ1n) is 12.8. The minimum atomic E-state index is -4.48. The average Bonchev–Trinajstić information content (AvgIpc) is 3.28. The number of ether oxygens (including phenoxy) is 1. The highest BCUT2D eigenvalue weighted by atomic mass is 31.0. The first kappa shape index (κ1) is 27.4. The number of piperidine rings is 1. The van der Waals surface area contributed by atoms with E-state index in [1.807, 2.05) is 37.0 Å². The monoisotopic (exact) mass is 529 g/mol. The molecule has 37 heavy (non-hydrogen) atoms. The number of nitrogens with zero attached hydrogens (tertiary/aromatic N) is 1. The number of carbonyl (C=O) groups excluding carboxylic acids is 1. The van der Waals surface area contributed by atoms with Crippen molar-refractivity contribution in [3.63, 3.8) is 0 Å². The summed E-state index contributed by atoms with van der Waals surface area (Å²) in [5.41, 5.74) is 2.66. The summed E-state index contributed by atoms with van der Waals surface area (Å²) in [5, 5.41) is 1.06. The third-order valence-corrected chi connectivity index (χ3v) is 8.33. The number of benzene rings is 2. The molecule has 198 valence electrons. The van der Waals surface area contributed by atoms with E-state index in [2.05, 4.69) is 34.4 Å². The first-order valence-corrected chi connectivity index (χ1v) is 13.4. The summed E-state index contributed by atoms with van der Waals surface area (Å²) in [6.45, 7) is 7.61. The summed E-state index contributed by atoms with van der Waals surface area (Å²) >= 11 is 0. The fraction of sp³-hybridized carbons (Fsp3) is 0.433. The van der Waals surface area contributed by atoms with Crippen molar-refractivity contribution >= 4 is 26.0 Å². The van der Waals surface area contributed by atoms with Crippen molar-refractivity contribution in [2.75, 3.05) is 20.2 Å². The first-order chi connectivity index (χ1) is 17.5. The molecule has 2 aromatic rings. The molecule has 2 aliphatic rings. The van der Waals surface area contributed by atoms with Crippen LogP contribution in [0.15, 0.2) is 60.2 Å². The summed E-state index contributed by atoms with van der Waals surface area (Å²) in [5.74, 6) is -0.0177. The number of likely N-dealkylation sites (tertiary alicyclic amines) is 1. The molecule has 4 rings (SSSR count). The molecule has 1 aliphatic carbocycles. The van der Waals surface area contributed by atoms with Crippen LogP contribution in [0, 0.1) is 17.8 Å². The molecule has 1 amide bonds. The highest BCUT2D eigenvalue weighted by Gasteiger charge is 2.46. The number of hydrogen-bond acceptors (Lipinski definition) is 2. The third-order valence-electron chi connectivity index (χ3n) is 7.94. The lowest BCUT2D eigenvalue weighted by molar-refractivity contribution is -0.138. The Morgan fingerprint density at radius 3 is 2.32 bits per heavy atom. The van der Waals surface area contributed by atoms with Gasteiger partial charge >= 0.3 is 6.18 Å². The van der Waals surface area contributed by atoms with Crippen molar-refractivity contribution in [3.8, 4) is 5.75 Å². The van der Waals surface area contributed by atoms with E-state index in [4.69, 9.17) is 4.74 Å². The number of halogens is 3. The van der Waals surface area contributed by atoms with Gasteiger partial charge in [-0.05, 0) is 61.2 Å². The van der Waals surface area contributed by atoms with Crippen LogP contribution in [-0.2, 0) is 11.0 Å². The Morgan fingerprint density at radius 1 is 1.11 bits per heavy atom. The van der Waals surface area contributed by atoms with Gasteiger partial charge in [0.25, 0.3) is 0 Å². The molecule has 0 radical (unpaired) electrons. The van der Waals surface area contributed by atoms with E-state index < -0.39 is 17.7 Å². The van der Waals surface area contributed by atoms with Gasteiger partial charge in [0, 0.05) is 30.5 Å². The SMILES string of the molecule is C/C=C(\C)C1C(C(=O)N2CCC(C)CC2)C(c2ccc(C(F)(F)F)cc2OC)=CC1c1ccc(P)cc1. The smallest absolute Gasteiger partial charge is 0.416 e. The van der Waals surface area contributed by atoms with Gasteiger partial charge in [-0.1, -0.05) is 55.0 Å². The quantitative estimate of drug-likeness (QED) is 0.313. The van der Waals surface area contributed by atoms with E-state index in [0.29, 0.717) is 24.6 Å². The van der Waals surface area contributed by atoms with Crippen LogP contribution in [0.3, 0.4) is 0 Å². The zero-order chi connectivity index (χ0) is 26.9. The van der Waals surface area contributed by atoms with Crippen molar-refractivity contribution in [3.05, 3.63) is 76.9 Å². The number of alkyl halides is 3. The summed E-state index contributed by atoms with van der Waals surface area (Å²) in [6.07, 6.45) is 1.54. The molecule has 4 unspecified atom stereocenters. The predicted octanol–water partition coefficient (Wildman–Crippen LogP) is 6.85. The van der Waals surface area contributed by atoms with Crippen LogP contribution in [-0.4, -0.2) is 31.0 Å². The van der Waals surface area contributed by atoms with Crippen LogP contribution in [0.25, 0.3) is 5.57 Å². The van der Waals surface area contributed by atoms with Gasteiger partial charge in [0.1, 0.15) is 5.75 Å². The second-order valence-corrected chi connectivity index (χ2v) is 10.9. The lowest BCUT2D eigenvalue weighted by atomic mass is 9.76. The maximum Gasteiger partial charge on any atom is 0.416 e. The Balaban J connectivity index is 1.87. The molecule has 0 spiro atoms. The Kier molecular flexibility index (Phi) is 8.18. The second kappa shape index (κ2) is 11.0. The lowest BCUT2D eigenvalue weighted by Gasteiger charge is -2.36. The molecule has 3 nitrogen and oxygen atoms in total. The highest BCUT2D eigenvalue weighted by Crippen LogP contribution is 2.52. The number of hydrogen-bond donors (Lipinski definition) is 0. The molecule has 0 aromatic heterocycles. The standard InChI is InChI=1S/C30H35F3NO2P/c1-5-19(3)27-24(20-6-9-22(37)10-7-20)17-25(28(27)29(35)34-14-12-18(2)13-15-34)23-11-8-21(30(31,32)33)16-26(23)36-4/h5-11,16-18,24,27-28H,12-15,37H2,1-4H3/b19-5+. The Bertz CT molecular complexity index is 1190. The largest absolute Gasteiger partial charge is 0.496 e. The molecule has 0 bridgehead atoms. The van der Waals surface area contributed by atoms with E-state index >= 15 is 0 Å². The van der Waals surface area contributed by atoms with Crippen molar-refractivity contribution in [1.29, 1.82) is 0 Å². The Labute approximate surface area is 220 Å². The van der Waals surface area contributed by atoms with Crippen LogP contribution in [0.4, 0.5) is 13.2 Å². The molecule has 1 aliphatic heterocycles. The summed E-state index contributed by atoms with van der Waals surface area (Å²) in [6, 6.07) is 11.8. The molecular formula is C30H35F3NO2P. The highest BCUT2D eigenvalue weighted by molar-refractivity contribution is 7.27. The number of methoxy groups -OCH3 is 1. The van der Waals surface area contributed by atoms with Crippen LogP contribution in [0.5, 0.6) is 5.75 Å². The summed E-state index contributed by atoms with van der Waals surface area (Å²) < 4.78 is 45.9. The van der Waals surface area contributed by atoms with Crippen LogP contribution >= 0.6 is 9.24 Å². The lowest BCUT2D eigenvalue weighted by Crippen LogP contribution is -2.43. The topological polar surface area (TPSA) is 29.5 Å². The molecule has 7 heteroatoms. The Hall–Kier alpha value is -2.59. The minimum Gasteiger partial charge on any atom is -0.496 e. The molecule has 1 heterocycles. The fourth-order valence-electron chi connectivity index (χ4n) is 5.64.